The van der Waals surface area contributed by atoms with Crippen molar-refractivity contribution in [3.63, 3.8) is 0 Å². The molecule has 0 aliphatic carbocycles. The summed E-state index contributed by atoms with van der Waals surface area (Å²) in [5.41, 5.74) is 12.3. The number of rotatable bonds is 1. The van der Waals surface area contributed by atoms with Crippen molar-refractivity contribution in [1.29, 1.82) is 0 Å². The van der Waals surface area contributed by atoms with Crippen LogP contribution in [0.1, 0.15) is 5.56 Å². The van der Waals surface area contributed by atoms with Gasteiger partial charge < -0.3 is 5.73 Å². The van der Waals surface area contributed by atoms with Gasteiger partial charge in [0.1, 0.15) is 0 Å². The lowest BCUT2D eigenvalue weighted by molar-refractivity contribution is -0.114. The molecular weight excluding hydrogens is 206 g/mol. The molecule has 0 fully saturated rings. The highest BCUT2D eigenvalue weighted by Gasteiger charge is 2.02. The van der Waals surface area contributed by atoms with Crippen molar-refractivity contribution in [2.45, 2.75) is 0 Å². The summed E-state index contributed by atoms with van der Waals surface area (Å²) in [5.74, 6) is 0.276. The molecular formula is C7H9BrN3+. The van der Waals surface area contributed by atoms with Crippen LogP contribution in [-0.2, 0) is 0 Å². The first-order valence-corrected chi connectivity index (χ1v) is 3.83. The molecule has 0 aliphatic heterocycles. The molecule has 1 aromatic carbocycles. The van der Waals surface area contributed by atoms with Crippen molar-refractivity contribution in [2.24, 2.45) is 5.73 Å². The SMILES string of the molecule is NC(=[NH2+])c1cc(N)cc(Br)c1. The zero-order valence-corrected chi connectivity index (χ0v) is 7.43. The van der Waals surface area contributed by atoms with E-state index in [0.29, 0.717) is 5.69 Å². The van der Waals surface area contributed by atoms with E-state index in [0.717, 1.165) is 10.0 Å². The average molecular weight is 215 g/mol. The lowest BCUT2D eigenvalue weighted by Crippen LogP contribution is -2.46. The molecule has 0 heterocycles. The highest BCUT2D eigenvalue weighted by molar-refractivity contribution is 9.10. The molecule has 0 atom stereocenters. The summed E-state index contributed by atoms with van der Waals surface area (Å²) in [6, 6.07) is 5.32. The Morgan fingerprint density at radius 1 is 1.36 bits per heavy atom. The minimum Gasteiger partial charge on any atom is -0.399 e. The van der Waals surface area contributed by atoms with Crippen LogP contribution in [0.4, 0.5) is 5.69 Å². The van der Waals surface area contributed by atoms with Gasteiger partial charge in [-0.1, -0.05) is 15.9 Å². The predicted octanol–water partition coefficient (Wildman–Crippen LogP) is -0.504. The van der Waals surface area contributed by atoms with Crippen molar-refractivity contribution >= 4 is 27.5 Å². The second-order valence-electron chi connectivity index (χ2n) is 2.23. The molecule has 0 unspecified atom stereocenters. The van der Waals surface area contributed by atoms with Gasteiger partial charge in [0.15, 0.2) is 0 Å². The normalized spacial score (nSPS) is 9.55. The maximum absolute atomic E-state index is 5.54. The van der Waals surface area contributed by atoms with Gasteiger partial charge in [-0.25, -0.2) is 0 Å². The first-order chi connectivity index (χ1) is 5.09. The van der Waals surface area contributed by atoms with Crippen LogP contribution in [0.25, 0.3) is 0 Å². The molecule has 0 aliphatic rings. The van der Waals surface area contributed by atoms with Crippen LogP contribution in [0.3, 0.4) is 0 Å². The number of nitrogen functional groups attached to an aromatic ring is 1. The Balaban J connectivity index is 3.19. The fourth-order valence-electron chi connectivity index (χ4n) is 0.779. The Labute approximate surface area is 73.0 Å². The van der Waals surface area contributed by atoms with Gasteiger partial charge in [-0.3, -0.25) is 11.1 Å². The summed E-state index contributed by atoms with van der Waals surface area (Å²) in [7, 11) is 0. The first kappa shape index (κ1) is 8.07. The Kier molecular flexibility index (Phi) is 2.14. The molecule has 0 amide bonds. The van der Waals surface area contributed by atoms with Crippen molar-refractivity contribution in [1.82, 2.24) is 0 Å². The summed E-state index contributed by atoms with van der Waals surface area (Å²) < 4.78 is 0.876. The number of amidine groups is 1. The summed E-state index contributed by atoms with van der Waals surface area (Å²) in [5, 5.41) is 5.37. The largest absolute Gasteiger partial charge is 0.399 e. The monoisotopic (exact) mass is 214 g/mol. The number of halogens is 1. The number of nitrogens with two attached hydrogens (primary N) is 3. The van der Waals surface area contributed by atoms with E-state index in [1.54, 1.807) is 12.1 Å². The molecule has 0 spiro atoms. The molecule has 6 N–H and O–H groups in total. The quantitative estimate of drug-likeness (QED) is 0.335. The molecule has 0 saturated carbocycles. The highest BCUT2D eigenvalue weighted by atomic mass is 79.9. The minimum atomic E-state index is 0.276. The van der Waals surface area contributed by atoms with Gasteiger partial charge in [-0.2, -0.15) is 0 Å². The molecule has 58 valence electrons. The van der Waals surface area contributed by atoms with Gasteiger partial charge in [0.25, 0.3) is 5.84 Å². The molecule has 0 bridgehead atoms. The Bertz CT molecular complexity index is 275. The number of hydrogen-bond donors (Lipinski definition) is 3. The van der Waals surface area contributed by atoms with Crippen LogP contribution in [-0.4, -0.2) is 5.84 Å². The molecule has 0 saturated heterocycles. The van der Waals surface area contributed by atoms with E-state index in [-0.39, 0.29) is 5.84 Å². The van der Waals surface area contributed by atoms with Gasteiger partial charge in [0.2, 0.25) is 0 Å². The maximum Gasteiger partial charge on any atom is 0.270 e. The van der Waals surface area contributed by atoms with Crippen molar-refractivity contribution in [3.05, 3.63) is 28.2 Å². The van der Waals surface area contributed by atoms with E-state index in [2.05, 4.69) is 15.9 Å². The van der Waals surface area contributed by atoms with E-state index in [1.807, 2.05) is 6.07 Å². The Morgan fingerprint density at radius 3 is 2.45 bits per heavy atom. The van der Waals surface area contributed by atoms with Gasteiger partial charge in [0, 0.05) is 10.2 Å². The van der Waals surface area contributed by atoms with Crippen LogP contribution in [0.5, 0.6) is 0 Å². The number of benzene rings is 1. The minimum absolute atomic E-state index is 0.276. The summed E-state index contributed by atoms with van der Waals surface area (Å²) in [6.07, 6.45) is 0. The number of hydrogen-bond acceptors (Lipinski definition) is 1. The van der Waals surface area contributed by atoms with E-state index < -0.39 is 0 Å². The molecule has 4 heteroatoms. The first-order valence-electron chi connectivity index (χ1n) is 3.04. The van der Waals surface area contributed by atoms with Crippen molar-refractivity contribution in [2.75, 3.05) is 5.73 Å². The van der Waals surface area contributed by atoms with Crippen LogP contribution >= 0.6 is 15.9 Å². The van der Waals surface area contributed by atoms with Gasteiger partial charge in [-0.05, 0) is 18.2 Å². The number of anilines is 1. The predicted molar refractivity (Wildman–Crippen MR) is 48.8 cm³/mol. The summed E-state index contributed by atoms with van der Waals surface area (Å²) >= 11 is 3.28. The van der Waals surface area contributed by atoms with E-state index >= 15 is 0 Å². The van der Waals surface area contributed by atoms with Crippen LogP contribution in [0.2, 0.25) is 0 Å². The third-order valence-corrected chi connectivity index (χ3v) is 1.71. The molecule has 3 nitrogen and oxygen atoms in total. The van der Waals surface area contributed by atoms with Crippen LogP contribution < -0.4 is 16.9 Å². The average Bonchev–Trinajstić information content (AvgIpc) is 1.85. The standard InChI is InChI=1S/C7H8BrN3/c8-5-1-4(7(10)11)2-6(9)3-5/h1-3H,9H2,(H3,10,11)/p+1. The lowest BCUT2D eigenvalue weighted by atomic mass is 10.2. The molecule has 1 aromatic rings. The third-order valence-electron chi connectivity index (χ3n) is 1.25. The smallest absolute Gasteiger partial charge is 0.270 e. The van der Waals surface area contributed by atoms with Crippen LogP contribution in [0.15, 0.2) is 22.7 Å². The van der Waals surface area contributed by atoms with E-state index in [1.165, 1.54) is 0 Å². The zero-order valence-electron chi connectivity index (χ0n) is 5.84. The second-order valence-corrected chi connectivity index (χ2v) is 3.14. The second kappa shape index (κ2) is 2.92. The lowest BCUT2D eigenvalue weighted by Gasteiger charge is -1.97. The van der Waals surface area contributed by atoms with Crippen molar-refractivity contribution in [3.8, 4) is 0 Å². The fraction of sp³-hybridized carbons (Fsp3) is 0. The molecule has 0 radical (unpaired) electrons. The van der Waals surface area contributed by atoms with E-state index in [9.17, 15) is 0 Å². The van der Waals surface area contributed by atoms with Gasteiger partial charge in [0.05, 0.1) is 5.56 Å². The zero-order chi connectivity index (χ0) is 8.43. The topological polar surface area (TPSA) is 77.6 Å². The fourth-order valence-corrected chi connectivity index (χ4v) is 1.29. The highest BCUT2D eigenvalue weighted by Crippen LogP contribution is 2.16. The molecule has 0 aromatic heterocycles. The Morgan fingerprint density at radius 2 is 2.00 bits per heavy atom. The molecule has 11 heavy (non-hydrogen) atoms. The Hall–Kier alpha value is -1.03. The maximum atomic E-state index is 5.54. The summed E-state index contributed by atoms with van der Waals surface area (Å²) in [6.45, 7) is 0. The third kappa shape index (κ3) is 1.94. The van der Waals surface area contributed by atoms with Gasteiger partial charge in [-0.15, -0.1) is 0 Å². The summed E-state index contributed by atoms with van der Waals surface area (Å²) in [4.78, 5) is 0. The van der Waals surface area contributed by atoms with E-state index in [4.69, 9.17) is 16.9 Å². The van der Waals surface area contributed by atoms with Crippen LogP contribution in [0, 0.1) is 0 Å². The van der Waals surface area contributed by atoms with Gasteiger partial charge >= 0.3 is 0 Å². The van der Waals surface area contributed by atoms with Crippen molar-refractivity contribution < 1.29 is 5.41 Å². The molecule has 1 rings (SSSR count).